The fourth-order valence-electron chi connectivity index (χ4n) is 1.63. The van der Waals surface area contributed by atoms with Crippen LogP contribution in [0, 0.1) is 0 Å². The lowest BCUT2D eigenvalue weighted by Crippen LogP contribution is -2.19. The van der Waals surface area contributed by atoms with Crippen LogP contribution in [0.4, 0.5) is 0 Å². The summed E-state index contributed by atoms with van der Waals surface area (Å²) in [4.78, 5) is 2.11. The van der Waals surface area contributed by atoms with E-state index < -0.39 is 0 Å². The van der Waals surface area contributed by atoms with Crippen LogP contribution in [0.2, 0.25) is 0 Å². The molecule has 0 bridgehead atoms. The molecule has 0 saturated carbocycles. The molecule has 0 fully saturated rings. The fraction of sp³-hybridized carbons (Fsp3) is 0.286. The molecule has 0 saturated heterocycles. The lowest BCUT2D eigenvalue weighted by Gasteiger charge is -2.11. The van der Waals surface area contributed by atoms with Crippen LogP contribution < -0.4 is 4.74 Å². The van der Waals surface area contributed by atoms with Gasteiger partial charge in [-0.05, 0) is 49.1 Å². The van der Waals surface area contributed by atoms with Gasteiger partial charge in [0.15, 0.2) is 0 Å². The van der Waals surface area contributed by atoms with Gasteiger partial charge in [0.1, 0.15) is 12.4 Å². The van der Waals surface area contributed by atoms with Gasteiger partial charge in [-0.15, -0.1) is 0 Å². The van der Waals surface area contributed by atoms with E-state index in [4.69, 9.17) is 4.74 Å². The van der Waals surface area contributed by atoms with Crippen LogP contribution >= 0.6 is 15.9 Å². The van der Waals surface area contributed by atoms with Crippen molar-refractivity contribution in [1.82, 2.24) is 4.90 Å². The molecule has 0 unspecified atom stereocenters. The first kappa shape index (κ1) is 12.4. The van der Waals surface area contributed by atoms with Crippen molar-refractivity contribution in [2.75, 3.05) is 27.2 Å². The molecule has 3 heteroatoms. The van der Waals surface area contributed by atoms with Crippen LogP contribution in [0.3, 0.4) is 0 Å². The Labute approximate surface area is 110 Å². The molecule has 0 N–H and O–H groups in total. The minimum absolute atomic E-state index is 0.717. The summed E-state index contributed by atoms with van der Waals surface area (Å²) in [5, 5.41) is 2.43. The largest absolute Gasteiger partial charge is 0.492 e. The van der Waals surface area contributed by atoms with Gasteiger partial charge in [-0.3, -0.25) is 0 Å². The number of likely N-dealkylation sites (N-methyl/N-ethyl adjacent to an activating group) is 1. The average Bonchev–Trinajstić information content (AvgIpc) is 2.29. The van der Waals surface area contributed by atoms with Crippen LogP contribution in [0.15, 0.2) is 40.9 Å². The number of rotatable bonds is 4. The highest BCUT2D eigenvalue weighted by Crippen LogP contribution is 2.23. The van der Waals surface area contributed by atoms with E-state index >= 15 is 0 Å². The smallest absolute Gasteiger partial charge is 0.120 e. The second-order valence-corrected chi connectivity index (χ2v) is 5.22. The molecular weight excluding hydrogens is 278 g/mol. The third kappa shape index (κ3) is 3.45. The second-order valence-electron chi connectivity index (χ2n) is 4.31. The summed E-state index contributed by atoms with van der Waals surface area (Å²) in [5.41, 5.74) is 0. The number of benzene rings is 2. The number of hydrogen-bond acceptors (Lipinski definition) is 2. The Morgan fingerprint density at radius 1 is 1.06 bits per heavy atom. The van der Waals surface area contributed by atoms with Crippen LogP contribution in [0.1, 0.15) is 0 Å². The first-order chi connectivity index (χ1) is 8.15. The third-order valence-corrected chi connectivity index (χ3v) is 3.07. The number of nitrogens with zero attached hydrogens (tertiary/aromatic N) is 1. The lowest BCUT2D eigenvalue weighted by atomic mass is 10.1. The Hall–Kier alpha value is -1.06. The maximum atomic E-state index is 5.70. The maximum absolute atomic E-state index is 5.70. The quantitative estimate of drug-likeness (QED) is 0.855. The van der Waals surface area contributed by atoms with Crippen molar-refractivity contribution in [1.29, 1.82) is 0 Å². The van der Waals surface area contributed by atoms with Crippen LogP contribution in [0.25, 0.3) is 10.8 Å². The summed E-state index contributed by atoms with van der Waals surface area (Å²) >= 11 is 3.47. The van der Waals surface area contributed by atoms with E-state index in [-0.39, 0.29) is 0 Å². The zero-order valence-corrected chi connectivity index (χ0v) is 11.7. The molecule has 0 spiro atoms. The predicted molar refractivity (Wildman–Crippen MR) is 75.7 cm³/mol. The Balaban J connectivity index is 2.12. The molecule has 0 atom stereocenters. The van der Waals surface area contributed by atoms with E-state index in [1.165, 1.54) is 10.8 Å². The fourth-order valence-corrected chi connectivity index (χ4v) is 2.01. The molecule has 0 aliphatic heterocycles. The van der Waals surface area contributed by atoms with Gasteiger partial charge in [0.05, 0.1) is 0 Å². The first-order valence-electron chi connectivity index (χ1n) is 5.62. The van der Waals surface area contributed by atoms with E-state index in [1.807, 2.05) is 26.2 Å². The number of ether oxygens (including phenoxy) is 1. The van der Waals surface area contributed by atoms with Crippen molar-refractivity contribution >= 4 is 26.7 Å². The van der Waals surface area contributed by atoms with E-state index in [1.54, 1.807) is 0 Å². The van der Waals surface area contributed by atoms with Gasteiger partial charge in [0, 0.05) is 11.0 Å². The second kappa shape index (κ2) is 5.52. The van der Waals surface area contributed by atoms with Gasteiger partial charge in [-0.2, -0.15) is 0 Å². The van der Waals surface area contributed by atoms with E-state index in [9.17, 15) is 0 Å². The van der Waals surface area contributed by atoms with Gasteiger partial charge < -0.3 is 9.64 Å². The molecule has 0 aromatic heterocycles. The first-order valence-corrected chi connectivity index (χ1v) is 6.41. The molecule has 17 heavy (non-hydrogen) atoms. The van der Waals surface area contributed by atoms with Crippen molar-refractivity contribution in [2.45, 2.75) is 0 Å². The maximum Gasteiger partial charge on any atom is 0.120 e. The minimum atomic E-state index is 0.717. The topological polar surface area (TPSA) is 12.5 Å². The van der Waals surface area contributed by atoms with Gasteiger partial charge in [0.25, 0.3) is 0 Å². The number of fused-ring (bicyclic) bond motifs is 1. The summed E-state index contributed by atoms with van der Waals surface area (Å²) in [5.74, 6) is 0.932. The number of halogens is 1. The van der Waals surface area contributed by atoms with Crippen molar-refractivity contribution in [2.24, 2.45) is 0 Å². The molecule has 2 nitrogen and oxygen atoms in total. The normalized spacial score (nSPS) is 11.1. The van der Waals surface area contributed by atoms with Crippen LogP contribution in [-0.4, -0.2) is 32.1 Å². The Kier molecular flexibility index (Phi) is 4.02. The summed E-state index contributed by atoms with van der Waals surface area (Å²) in [7, 11) is 4.09. The molecule has 90 valence electrons. The van der Waals surface area contributed by atoms with Gasteiger partial charge in [-0.1, -0.05) is 28.1 Å². The Morgan fingerprint density at radius 2 is 1.76 bits per heavy atom. The van der Waals surface area contributed by atoms with Crippen molar-refractivity contribution in [3.8, 4) is 5.75 Å². The van der Waals surface area contributed by atoms with E-state index in [0.29, 0.717) is 0 Å². The van der Waals surface area contributed by atoms with Crippen molar-refractivity contribution in [3.63, 3.8) is 0 Å². The molecule has 2 aromatic carbocycles. The van der Waals surface area contributed by atoms with E-state index in [2.05, 4.69) is 45.1 Å². The molecule has 2 aromatic rings. The molecule has 0 heterocycles. The van der Waals surface area contributed by atoms with Gasteiger partial charge >= 0.3 is 0 Å². The summed E-state index contributed by atoms with van der Waals surface area (Å²) in [6.07, 6.45) is 0. The predicted octanol–water partition coefficient (Wildman–Crippen LogP) is 3.54. The average molecular weight is 294 g/mol. The third-order valence-electron chi connectivity index (χ3n) is 2.58. The molecule has 0 aliphatic rings. The van der Waals surface area contributed by atoms with Crippen molar-refractivity contribution in [3.05, 3.63) is 40.9 Å². The molecule has 0 aliphatic carbocycles. The highest BCUT2D eigenvalue weighted by atomic mass is 79.9. The summed E-state index contributed by atoms with van der Waals surface area (Å²) < 4.78 is 6.80. The summed E-state index contributed by atoms with van der Waals surface area (Å²) in [6, 6.07) is 12.4. The molecule has 0 radical (unpaired) electrons. The van der Waals surface area contributed by atoms with E-state index in [0.717, 1.165) is 23.4 Å². The highest BCUT2D eigenvalue weighted by Gasteiger charge is 1.99. The zero-order chi connectivity index (χ0) is 12.3. The molecule has 0 amide bonds. The lowest BCUT2D eigenvalue weighted by molar-refractivity contribution is 0.261. The van der Waals surface area contributed by atoms with Crippen molar-refractivity contribution < 1.29 is 4.74 Å². The highest BCUT2D eigenvalue weighted by molar-refractivity contribution is 9.10. The van der Waals surface area contributed by atoms with Crippen LogP contribution in [-0.2, 0) is 0 Å². The van der Waals surface area contributed by atoms with Gasteiger partial charge in [-0.25, -0.2) is 0 Å². The summed E-state index contributed by atoms with van der Waals surface area (Å²) in [6.45, 7) is 1.65. The zero-order valence-electron chi connectivity index (χ0n) is 10.1. The Morgan fingerprint density at radius 3 is 2.53 bits per heavy atom. The molecular formula is C14H16BrNO. The Bertz CT molecular complexity index is 511. The number of hydrogen-bond donors (Lipinski definition) is 0. The SMILES string of the molecule is CN(C)CCOc1ccc2cc(Br)ccc2c1. The monoisotopic (exact) mass is 293 g/mol. The van der Waals surface area contributed by atoms with Gasteiger partial charge in [0.2, 0.25) is 0 Å². The standard InChI is InChI=1S/C14H16BrNO/c1-16(2)7-8-17-14-6-4-11-9-13(15)5-3-12(11)10-14/h3-6,9-10H,7-8H2,1-2H3. The molecule has 2 rings (SSSR count). The van der Waals surface area contributed by atoms with Crippen LogP contribution in [0.5, 0.6) is 5.75 Å². The minimum Gasteiger partial charge on any atom is -0.492 e.